The summed E-state index contributed by atoms with van der Waals surface area (Å²) in [4.78, 5) is 13.0. The van der Waals surface area contributed by atoms with E-state index in [4.69, 9.17) is 4.74 Å². The van der Waals surface area contributed by atoms with Gasteiger partial charge >= 0.3 is 6.18 Å². The molecule has 1 aromatic heterocycles. The number of hydrogen-bond acceptors (Lipinski definition) is 5. The molecule has 2 aromatic carbocycles. The average Bonchev–Trinajstić information content (AvgIpc) is 3.31. The lowest BCUT2D eigenvalue weighted by Gasteiger charge is -2.20. The molecule has 0 saturated heterocycles. The predicted octanol–water partition coefficient (Wildman–Crippen LogP) is 3.93. The Bertz CT molecular complexity index is 992. The molecular weight excluding hydrogens is 425 g/mol. The summed E-state index contributed by atoms with van der Waals surface area (Å²) in [6, 6.07) is 13.3. The van der Waals surface area contributed by atoms with Crippen molar-refractivity contribution in [2.24, 2.45) is 0 Å². The van der Waals surface area contributed by atoms with Crippen molar-refractivity contribution in [3.05, 3.63) is 66.5 Å². The number of H-pyrrole nitrogens is 1. The normalized spacial score (nSPS) is 12.4. The summed E-state index contributed by atoms with van der Waals surface area (Å²) >= 11 is 0. The van der Waals surface area contributed by atoms with Crippen LogP contribution in [0.5, 0.6) is 5.75 Å². The minimum atomic E-state index is -4.40. The molecular formula is C22H23F3N4O3. The van der Waals surface area contributed by atoms with Crippen LogP contribution < -0.4 is 15.4 Å². The van der Waals surface area contributed by atoms with Gasteiger partial charge in [0, 0.05) is 24.0 Å². The van der Waals surface area contributed by atoms with Crippen LogP contribution >= 0.6 is 0 Å². The van der Waals surface area contributed by atoms with Crippen LogP contribution in [0.25, 0.3) is 11.1 Å². The summed E-state index contributed by atoms with van der Waals surface area (Å²) in [5.41, 5.74) is 3.02. The number of benzene rings is 2. The van der Waals surface area contributed by atoms with Gasteiger partial charge in [-0.3, -0.25) is 15.2 Å². The van der Waals surface area contributed by atoms with Gasteiger partial charge in [0.05, 0.1) is 19.9 Å². The van der Waals surface area contributed by atoms with Gasteiger partial charge in [0.1, 0.15) is 18.4 Å². The van der Waals surface area contributed by atoms with Gasteiger partial charge in [-0.05, 0) is 35.4 Å². The minimum Gasteiger partial charge on any atom is -0.497 e. The number of amides is 1. The minimum absolute atomic E-state index is 0.0464. The van der Waals surface area contributed by atoms with Gasteiger partial charge in [-0.25, -0.2) is 0 Å². The number of carbonyl (C=O) groups excluding carboxylic acids is 1. The van der Waals surface area contributed by atoms with Crippen LogP contribution in [0.3, 0.4) is 0 Å². The maximum atomic E-state index is 13.0. The van der Waals surface area contributed by atoms with E-state index < -0.39 is 18.8 Å². The number of alkyl halides is 3. The quantitative estimate of drug-likeness (QED) is 0.409. The first-order chi connectivity index (χ1) is 15.4. The Balaban J connectivity index is 1.68. The number of carbonyl (C=O) groups is 1. The van der Waals surface area contributed by atoms with Gasteiger partial charge in [-0.2, -0.15) is 18.3 Å². The molecule has 3 N–H and O–H groups in total. The van der Waals surface area contributed by atoms with Crippen molar-refractivity contribution in [1.82, 2.24) is 15.5 Å². The second-order valence-corrected chi connectivity index (χ2v) is 6.89. The summed E-state index contributed by atoms with van der Waals surface area (Å²) in [6.07, 6.45) is -0.944. The summed E-state index contributed by atoms with van der Waals surface area (Å²) < 4.78 is 46.6. The maximum Gasteiger partial charge on any atom is 0.411 e. The Morgan fingerprint density at radius 2 is 1.94 bits per heavy atom. The fourth-order valence-electron chi connectivity index (χ4n) is 3.02. The van der Waals surface area contributed by atoms with E-state index in [-0.39, 0.29) is 19.1 Å². The summed E-state index contributed by atoms with van der Waals surface area (Å²) in [5.74, 6) is 0.185. The zero-order valence-corrected chi connectivity index (χ0v) is 17.3. The first kappa shape index (κ1) is 23.3. The van der Waals surface area contributed by atoms with Crippen LogP contribution in [-0.4, -0.2) is 49.1 Å². The summed E-state index contributed by atoms with van der Waals surface area (Å²) in [5, 5.41) is 12.4. The highest BCUT2D eigenvalue weighted by atomic mass is 19.4. The number of nitrogens with zero attached hydrogens (tertiary/aromatic N) is 1. The highest BCUT2D eigenvalue weighted by molar-refractivity contribution is 5.95. The lowest BCUT2D eigenvalue weighted by Crippen LogP contribution is -2.35. The molecule has 3 rings (SSSR count). The molecule has 0 fully saturated rings. The van der Waals surface area contributed by atoms with E-state index in [1.807, 2.05) is 12.1 Å². The third kappa shape index (κ3) is 6.82. The molecule has 0 spiro atoms. The molecule has 0 saturated carbocycles. The van der Waals surface area contributed by atoms with E-state index >= 15 is 0 Å². The monoisotopic (exact) mass is 448 g/mol. The number of nitrogens with one attached hydrogen (secondary N) is 3. The lowest BCUT2D eigenvalue weighted by atomic mass is 10.0. The Kier molecular flexibility index (Phi) is 7.85. The SMILES string of the molecule is COc1cccc(C(NCCOCC(F)(F)F)C(=O)Nc2ccc(-c3cn[nH]c3)cc2)c1. The Hall–Kier alpha value is -3.37. The van der Waals surface area contributed by atoms with Crippen LogP contribution in [0, 0.1) is 0 Å². The molecule has 0 bridgehead atoms. The molecule has 10 heteroatoms. The summed E-state index contributed by atoms with van der Waals surface area (Å²) in [6.45, 7) is -1.49. The Morgan fingerprint density at radius 1 is 1.16 bits per heavy atom. The maximum absolute atomic E-state index is 13.0. The second-order valence-electron chi connectivity index (χ2n) is 6.89. The van der Waals surface area contributed by atoms with Crippen molar-refractivity contribution in [1.29, 1.82) is 0 Å². The van der Waals surface area contributed by atoms with E-state index in [1.54, 1.807) is 48.8 Å². The molecule has 1 atom stereocenters. The standard InChI is InChI=1S/C22H23F3N4O3/c1-31-19-4-2-3-16(11-19)20(26-9-10-32-14-22(23,24)25)21(30)29-18-7-5-15(6-8-18)17-12-27-28-13-17/h2-8,11-13,20,26H,9-10,14H2,1H3,(H,27,28)(H,29,30). The first-order valence-electron chi connectivity index (χ1n) is 9.77. The van der Waals surface area contributed by atoms with Crippen molar-refractivity contribution in [2.45, 2.75) is 12.2 Å². The largest absolute Gasteiger partial charge is 0.497 e. The van der Waals surface area contributed by atoms with E-state index in [9.17, 15) is 18.0 Å². The number of methoxy groups -OCH3 is 1. The zero-order chi connectivity index (χ0) is 23.0. The van der Waals surface area contributed by atoms with Gasteiger partial charge in [-0.15, -0.1) is 0 Å². The average molecular weight is 448 g/mol. The topological polar surface area (TPSA) is 88.3 Å². The van der Waals surface area contributed by atoms with Gasteiger partial charge in [0.25, 0.3) is 0 Å². The van der Waals surface area contributed by atoms with Gasteiger partial charge in [0.2, 0.25) is 5.91 Å². The van der Waals surface area contributed by atoms with Gasteiger partial charge in [-0.1, -0.05) is 24.3 Å². The number of anilines is 1. The molecule has 3 aromatic rings. The Morgan fingerprint density at radius 3 is 2.59 bits per heavy atom. The van der Waals surface area contributed by atoms with E-state index in [2.05, 4.69) is 25.6 Å². The molecule has 0 aliphatic heterocycles. The molecule has 0 aliphatic rings. The van der Waals surface area contributed by atoms with Crippen LogP contribution in [0.1, 0.15) is 11.6 Å². The second kappa shape index (κ2) is 10.8. The van der Waals surface area contributed by atoms with E-state index in [0.29, 0.717) is 17.0 Å². The highest BCUT2D eigenvalue weighted by Crippen LogP contribution is 2.23. The molecule has 7 nitrogen and oxygen atoms in total. The zero-order valence-electron chi connectivity index (χ0n) is 17.3. The Labute approximate surface area is 182 Å². The smallest absolute Gasteiger partial charge is 0.411 e. The number of halogens is 3. The predicted molar refractivity (Wildman–Crippen MR) is 113 cm³/mol. The van der Waals surface area contributed by atoms with Crippen molar-refractivity contribution in [3.63, 3.8) is 0 Å². The van der Waals surface area contributed by atoms with E-state index in [0.717, 1.165) is 11.1 Å². The first-order valence-corrected chi connectivity index (χ1v) is 9.77. The molecule has 1 unspecified atom stereocenters. The van der Waals surface area contributed by atoms with Crippen LogP contribution in [0.4, 0.5) is 18.9 Å². The van der Waals surface area contributed by atoms with Crippen molar-refractivity contribution < 1.29 is 27.4 Å². The van der Waals surface area contributed by atoms with Crippen molar-refractivity contribution in [3.8, 4) is 16.9 Å². The fraction of sp³-hybridized carbons (Fsp3) is 0.273. The number of aromatic amines is 1. The van der Waals surface area contributed by atoms with Crippen molar-refractivity contribution >= 4 is 11.6 Å². The molecule has 0 radical (unpaired) electrons. The van der Waals surface area contributed by atoms with Crippen LogP contribution in [0.2, 0.25) is 0 Å². The molecule has 0 aliphatic carbocycles. The third-order valence-electron chi connectivity index (χ3n) is 4.53. The molecule has 170 valence electrons. The number of aromatic nitrogens is 2. The lowest BCUT2D eigenvalue weighted by molar-refractivity contribution is -0.173. The van der Waals surface area contributed by atoms with E-state index in [1.165, 1.54) is 7.11 Å². The summed E-state index contributed by atoms with van der Waals surface area (Å²) in [7, 11) is 1.51. The van der Waals surface area contributed by atoms with Crippen LogP contribution in [0.15, 0.2) is 60.9 Å². The molecule has 1 heterocycles. The fourth-order valence-corrected chi connectivity index (χ4v) is 3.02. The number of rotatable bonds is 10. The highest BCUT2D eigenvalue weighted by Gasteiger charge is 2.27. The van der Waals surface area contributed by atoms with Gasteiger partial charge < -0.3 is 14.8 Å². The van der Waals surface area contributed by atoms with Gasteiger partial charge in [0.15, 0.2) is 0 Å². The number of ether oxygens (including phenoxy) is 2. The van der Waals surface area contributed by atoms with Crippen molar-refractivity contribution in [2.75, 3.05) is 32.2 Å². The molecule has 32 heavy (non-hydrogen) atoms. The third-order valence-corrected chi connectivity index (χ3v) is 4.53. The number of hydrogen-bond donors (Lipinski definition) is 3. The molecule has 1 amide bonds. The van der Waals surface area contributed by atoms with Crippen LogP contribution in [-0.2, 0) is 9.53 Å².